The summed E-state index contributed by atoms with van der Waals surface area (Å²) in [5.41, 5.74) is 0.621. The quantitative estimate of drug-likeness (QED) is 0.919. The minimum absolute atomic E-state index is 0.0289. The van der Waals surface area contributed by atoms with Gasteiger partial charge < -0.3 is 15.0 Å². The van der Waals surface area contributed by atoms with E-state index in [-0.39, 0.29) is 5.91 Å². The number of hydrogen-bond donors (Lipinski definition) is 1. The summed E-state index contributed by atoms with van der Waals surface area (Å²) < 4.78 is 6.23. The molecule has 1 saturated heterocycles. The van der Waals surface area contributed by atoms with Crippen molar-refractivity contribution < 1.29 is 9.53 Å². The lowest BCUT2D eigenvalue weighted by atomic mass is 10.1. The van der Waals surface area contributed by atoms with E-state index in [2.05, 4.69) is 21.2 Å². The number of carbonyl (C=O) groups excluding carboxylic acids is 1. The lowest BCUT2D eigenvalue weighted by Gasteiger charge is -2.27. The minimum Gasteiger partial charge on any atom is -0.496 e. The first kappa shape index (κ1) is 15.3. The summed E-state index contributed by atoms with van der Waals surface area (Å²) in [6.45, 7) is 2.01. The summed E-state index contributed by atoms with van der Waals surface area (Å²) in [6.07, 6.45) is 3.16. The van der Waals surface area contributed by atoms with Gasteiger partial charge in [0.1, 0.15) is 5.75 Å². The molecule has 0 bridgehead atoms. The Morgan fingerprint density at radius 1 is 1.40 bits per heavy atom. The van der Waals surface area contributed by atoms with Gasteiger partial charge in [-0.05, 0) is 50.6 Å². The van der Waals surface area contributed by atoms with Crippen LogP contribution in [0.4, 0.5) is 0 Å². The Labute approximate surface area is 128 Å². The van der Waals surface area contributed by atoms with Gasteiger partial charge >= 0.3 is 0 Å². The first-order valence-corrected chi connectivity index (χ1v) is 7.74. The molecule has 0 saturated carbocycles. The number of methoxy groups -OCH3 is 1. The molecule has 1 aromatic carbocycles. The SMILES string of the molecule is COc1cc(Br)ccc1C(=O)N(C)C1CCCNCC1. The van der Waals surface area contributed by atoms with Crippen molar-refractivity contribution in [3.8, 4) is 5.75 Å². The molecule has 0 aliphatic carbocycles. The maximum atomic E-state index is 12.7. The molecule has 1 unspecified atom stereocenters. The number of nitrogens with one attached hydrogen (secondary N) is 1. The van der Waals surface area contributed by atoms with Crippen LogP contribution in [0.2, 0.25) is 0 Å². The Morgan fingerprint density at radius 2 is 2.20 bits per heavy atom. The van der Waals surface area contributed by atoms with Crippen molar-refractivity contribution in [1.29, 1.82) is 0 Å². The molecule has 1 aliphatic heterocycles. The number of nitrogens with zero attached hydrogens (tertiary/aromatic N) is 1. The number of carbonyl (C=O) groups is 1. The van der Waals surface area contributed by atoms with Gasteiger partial charge in [0.15, 0.2) is 0 Å². The van der Waals surface area contributed by atoms with Crippen LogP contribution in [0.5, 0.6) is 5.75 Å². The average molecular weight is 341 g/mol. The normalized spacial score (nSPS) is 19.2. The average Bonchev–Trinajstić information content (AvgIpc) is 2.74. The summed E-state index contributed by atoms with van der Waals surface area (Å²) >= 11 is 3.40. The van der Waals surface area contributed by atoms with Gasteiger partial charge in [-0.1, -0.05) is 15.9 Å². The highest BCUT2D eigenvalue weighted by Crippen LogP contribution is 2.26. The Bertz CT molecular complexity index is 471. The van der Waals surface area contributed by atoms with Gasteiger partial charge in [-0.25, -0.2) is 0 Å². The van der Waals surface area contributed by atoms with Gasteiger partial charge in [0.05, 0.1) is 12.7 Å². The zero-order chi connectivity index (χ0) is 14.5. The summed E-state index contributed by atoms with van der Waals surface area (Å²) in [6, 6.07) is 5.82. The second-order valence-corrected chi connectivity index (χ2v) is 6.01. The highest BCUT2D eigenvalue weighted by Gasteiger charge is 2.24. The molecule has 1 aliphatic rings. The third-order valence-corrected chi connectivity index (χ3v) is 4.30. The van der Waals surface area contributed by atoms with Gasteiger partial charge in [-0.3, -0.25) is 4.79 Å². The first-order chi connectivity index (χ1) is 9.63. The lowest BCUT2D eigenvalue weighted by Crippen LogP contribution is -2.37. The predicted molar refractivity (Wildman–Crippen MR) is 83.3 cm³/mol. The van der Waals surface area contributed by atoms with Crippen LogP contribution in [0.25, 0.3) is 0 Å². The molecule has 1 amide bonds. The molecule has 20 heavy (non-hydrogen) atoms. The van der Waals surface area contributed by atoms with Crippen LogP contribution in [0.3, 0.4) is 0 Å². The molecular weight excluding hydrogens is 320 g/mol. The van der Waals surface area contributed by atoms with E-state index in [9.17, 15) is 4.79 Å². The highest BCUT2D eigenvalue weighted by molar-refractivity contribution is 9.10. The number of halogens is 1. The first-order valence-electron chi connectivity index (χ1n) is 6.95. The molecular formula is C15H21BrN2O2. The number of benzene rings is 1. The van der Waals surface area contributed by atoms with Crippen molar-refractivity contribution in [2.75, 3.05) is 27.2 Å². The van der Waals surface area contributed by atoms with Gasteiger partial charge in [0.25, 0.3) is 5.91 Å². The number of hydrogen-bond acceptors (Lipinski definition) is 3. The maximum absolute atomic E-state index is 12.7. The molecule has 1 N–H and O–H groups in total. The molecule has 0 radical (unpaired) electrons. The summed E-state index contributed by atoms with van der Waals surface area (Å²) in [5.74, 6) is 0.643. The van der Waals surface area contributed by atoms with Crippen LogP contribution < -0.4 is 10.1 Å². The number of ether oxygens (including phenoxy) is 1. The van der Waals surface area contributed by atoms with E-state index in [1.807, 2.05) is 30.1 Å². The smallest absolute Gasteiger partial charge is 0.257 e. The van der Waals surface area contributed by atoms with E-state index in [1.54, 1.807) is 7.11 Å². The van der Waals surface area contributed by atoms with E-state index in [1.165, 1.54) is 0 Å². The zero-order valence-electron chi connectivity index (χ0n) is 12.0. The molecule has 1 atom stereocenters. The van der Waals surface area contributed by atoms with E-state index in [0.29, 0.717) is 17.4 Å². The molecule has 0 spiro atoms. The Balaban J connectivity index is 2.17. The maximum Gasteiger partial charge on any atom is 0.257 e. The molecule has 1 aromatic rings. The van der Waals surface area contributed by atoms with Gasteiger partial charge in [0, 0.05) is 17.6 Å². The zero-order valence-corrected chi connectivity index (χ0v) is 13.6. The summed E-state index contributed by atoms with van der Waals surface area (Å²) in [4.78, 5) is 14.5. The molecule has 110 valence electrons. The van der Waals surface area contributed by atoms with E-state index >= 15 is 0 Å². The fourth-order valence-corrected chi connectivity index (χ4v) is 2.93. The molecule has 4 nitrogen and oxygen atoms in total. The number of rotatable bonds is 3. The van der Waals surface area contributed by atoms with Gasteiger partial charge in [-0.15, -0.1) is 0 Å². The summed E-state index contributed by atoms with van der Waals surface area (Å²) in [5, 5.41) is 3.37. The summed E-state index contributed by atoms with van der Waals surface area (Å²) in [7, 11) is 3.48. The Morgan fingerprint density at radius 3 is 2.95 bits per heavy atom. The van der Waals surface area contributed by atoms with Crippen molar-refractivity contribution in [3.05, 3.63) is 28.2 Å². The van der Waals surface area contributed by atoms with Crippen molar-refractivity contribution in [1.82, 2.24) is 10.2 Å². The van der Waals surface area contributed by atoms with Crippen molar-refractivity contribution in [3.63, 3.8) is 0 Å². The molecule has 2 rings (SSSR count). The monoisotopic (exact) mass is 340 g/mol. The van der Waals surface area contributed by atoms with Crippen molar-refractivity contribution >= 4 is 21.8 Å². The largest absolute Gasteiger partial charge is 0.496 e. The van der Waals surface area contributed by atoms with Crippen molar-refractivity contribution in [2.24, 2.45) is 0 Å². The second kappa shape index (κ2) is 7.09. The van der Waals surface area contributed by atoms with Crippen LogP contribution in [0.1, 0.15) is 29.6 Å². The highest BCUT2D eigenvalue weighted by atomic mass is 79.9. The van der Waals surface area contributed by atoms with Crippen LogP contribution in [-0.4, -0.2) is 44.1 Å². The Hall–Kier alpha value is -1.07. The third kappa shape index (κ3) is 3.52. The van der Waals surface area contributed by atoms with Gasteiger partial charge in [0.2, 0.25) is 0 Å². The van der Waals surface area contributed by atoms with Crippen LogP contribution >= 0.6 is 15.9 Å². The van der Waals surface area contributed by atoms with Crippen molar-refractivity contribution in [2.45, 2.75) is 25.3 Å². The topological polar surface area (TPSA) is 41.6 Å². The van der Waals surface area contributed by atoms with Crippen LogP contribution in [-0.2, 0) is 0 Å². The molecule has 1 fully saturated rings. The third-order valence-electron chi connectivity index (χ3n) is 3.81. The lowest BCUT2D eigenvalue weighted by molar-refractivity contribution is 0.0717. The molecule has 1 heterocycles. The predicted octanol–water partition coefficient (Wildman–Crippen LogP) is 2.67. The van der Waals surface area contributed by atoms with E-state index in [0.717, 1.165) is 36.8 Å². The fraction of sp³-hybridized carbons (Fsp3) is 0.533. The van der Waals surface area contributed by atoms with E-state index in [4.69, 9.17) is 4.74 Å². The standard InChI is InChI=1S/C15H21BrN2O2/c1-18(12-4-3-8-17-9-7-12)15(19)13-6-5-11(16)10-14(13)20-2/h5-6,10,12,17H,3-4,7-9H2,1-2H3. The van der Waals surface area contributed by atoms with E-state index < -0.39 is 0 Å². The van der Waals surface area contributed by atoms with Crippen LogP contribution in [0, 0.1) is 0 Å². The van der Waals surface area contributed by atoms with Gasteiger partial charge in [-0.2, -0.15) is 0 Å². The Kier molecular flexibility index (Phi) is 5.43. The molecule has 5 heteroatoms. The second-order valence-electron chi connectivity index (χ2n) is 5.10. The molecule has 0 aromatic heterocycles. The number of amides is 1. The fourth-order valence-electron chi connectivity index (χ4n) is 2.59. The van der Waals surface area contributed by atoms with Crippen LogP contribution in [0.15, 0.2) is 22.7 Å². The minimum atomic E-state index is 0.0289.